The topological polar surface area (TPSA) is 78.0 Å². The molecule has 1 atom stereocenters. The number of anilines is 1. The van der Waals surface area contributed by atoms with Crippen molar-refractivity contribution in [3.05, 3.63) is 60.4 Å². The van der Waals surface area contributed by atoms with Gasteiger partial charge in [0, 0.05) is 26.2 Å². The van der Waals surface area contributed by atoms with Crippen LogP contribution < -0.4 is 4.90 Å². The Bertz CT molecular complexity index is 1040. The van der Waals surface area contributed by atoms with E-state index in [-0.39, 0.29) is 30.1 Å². The summed E-state index contributed by atoms with van der Waals surface area (Å²) in [5, 5.41) is 0. The molecule has 9 heteroatoms. The molecule has 7 nitrogen and oxygen atoms in total. The van der Waals surface area contributed by atoms with Crippen molar-refractivity contribution in [1.29, 1.82) is 0 Å². The average molecular weight is 417 g/mol. The molecule has 4 rings (SSSR count). The number of piperazine rings is 1. The average Bonchev–Trinajstić information content (AvgIpc) is 3.03. The molecule has 0 unspecified atom stereocenters. The highest BCUT2D eigenvalue weighted by Gasteiger charge is 2.44. The lowest BCUT2D eigenvalue weighted by Gasteiger charge is -2.36. The van der Waals surface area contributed by atoms with Crippen LogP contribution in [0.5, 0.6) is 0 Å². The van der Waals surface area contributed by atoms with Crippen molar-refractivity contribution in [2.45, 2.75) is 17.4 Å². The van der Waals surface area contributed by atoms with Crippen LogP contribution in [0.4, 0.5) is 10.1 Å². The summed E-state index contributed by atoms with van der Waals surface area (Å²) in [7, 11) is -3.60. The van der Waals surface area contributed by atoms with E-state index in [1.54, 1.807) is 41.3 Å². The summed E-state index contributed by atoms with van der Waals surface area (Å²) < 4.78 is 40.9. The zero-order valence-corrected chi connectivity index (χ0v) is 16.4. The third-order valence-electron chi connectivity index (χ3n) is 5.31. The molecule has 0 spiro atoms. The Hall–Kier alpha value is -2.62. The maximum atomic E-state index is 14.1. The van der Waals surface area contributed by atoms with E-state index in [0.717, 1.165) is 4.90 Å². The van der Waals surface area contributed by atoms with Gasteiger partial charge in [-0.05, 0) is 24.3 Å². The van der Waals surface area contributed by atoms with E-state index in [1.165, 1.54) is 22.5 Å². The van der Waals surface area contributed by atoms with Gasteiger partial charge in [-0.25, -0.2) is 17.7 Å². The molecule has 2 fully saturated rings. The lowest BCUT2D eigenvalue weighted by atomic mass is 10.2. The summed E-state index contributed by atoms with van der Waals surface area (Å²) in [4.78, 5) is 28.2. The predicted octanol–water partition coefficient (Wildman–Crippen LogP) is 1.46. The number of benzene rings is 2. The van der Waals surface area contributed by atoms with E-state index >= 15 is 0 Å². The van der Waals surface area contributed by atoms with Gasteiger partial charge in [-0.1, -0.05) is 30.3 Å². The number of imide groups is 1. The molecule has 152 valence electrons. The lowest BCUT2D eigenvalue weighted by Crippen LogP contribution is -2.53. The van der Waals surface area contributed by atoms with Gasteiger partial charge in [0.1, 0.15) is 5.82 Å². The van der Waals surface area contributed by atoms with Crippen LogP contribution in [0.15, 0.2) is 59.5 Å². The predicted molar refractivity (Wildman–Crippen MR) is 104 cm³/mol. The zero-order valence-electron chi connectivity index (χ0n) is 15.6. The molecule has 2 aliphatic rings. The molecule has 0 N–H and O–H groups in total. The number of halogens is 1. The first-order valence-corrected chi connectivity index (χ1v) is 10.7. The third-order valence-corrected chi connectivity index (χ3v) is 7.22. The minimum Gasteiger partial charge on any atom is -0.289 e. The molecule has 0 saturated carbocycles. The van der Waals surface area contributed by atoms with Crippen LogP contribution in [0.1, 0.15) is 6.42 Å². The van der Waals surface area contributed by atoms with Crippen molar-refractivity contribution in [1.82, 2.24) is 9.21 Å². The first-order chi connectivity index (χ1) is 13.9. The summed E-state index contributed by atoms with van der Waals surface area (Å²) in [6.45, 7) is 1.07. The summed E-state index contributed by atoms with van der Waals surface area (Å²) >= 11 is 0. The van der Waals surface area contributed by atoms with Gasteiger partial charge in [-0.15, -0.1) is 0 Å². The molecule has 0 aliphatic carbocycles. The molecule has 2 saturated heterocycles. The fourth-order valence-electron chi connectivity index (χ4n) is 3.78. The Kier molecular flexibility index (Phi) is 5.20. The van der Waals surface area contributed by atoms with E-state index in [4.69, 9.17) is 0 Å². The molecule has 0 radical (unpaired) electrons. The summed E-state index contributed by atoms with van der Waals surface area (Å²) in [6, 6.07) is 13.2. The number of carbonyl (C=O) groups is 2. The number of hydrogen-bond donors (Lipinski definition) is 0. The molecule has 2 aromatic carbocycles. The van der Waals surface area contributed by atoms with Crippen LogP contribution in [-0.2, 0) is 19.6 Å². The summed E-state index contributed by atoms with van der Waals surface area (Å²) in [5.74, 6) is -1.56. The highest BCUT2D eigenvalue weighted by Crippen LogP contribution is 2.28. The molecule has 2 amide bonds. The van der Waals surface area contributed by atoms with Crippen LogP contribution in [-0.4, -0.2) is 61.7 Å². The second-order valence-corrected chi connectivity index (χ2v) is 8.93. The van der Waals surface area contributed by atoms with Crippen molar-refractivity contribution < 1.29 is 22.4 Å². The van der Waals surface area contributed by atoms with Gasteiger partial charge in [-0.3, -0.25) is 14.5 Å². The Morgan fingerprint density at radius 2 is 1.48 bits per heavy atom. The maximum Gasteiger partial charge on any atom is 0.251 e. The molecular weight excluding hydrogens is 397 g/mol. The standard InChI is InChI=1S/C20H20FN3O4S/c21-16-8-4-5-9-17(16)24-19(25)14-18(20(24)26)22-10-12-23(13-11-22)29(27,28)15-6-2-1-3-7-15/h1-9,18H,10-14H2/t18-/m0/s1. The van der Waals surface area contributed by atoms with Crippen LogP contribution in [0, 0.1) is 5.82 Å². The lowest BCUT2D eigenvalue weighted by molar-refractivity contribution is -0.123. The number of amides is 2. The second kappa shape index (κ2) is 7.66. The summed E-state index contributed by atoms with van der Waals surface area (Å²) in [5.41, 5.74) is -0.0460. The largest absolute Gasteiger partial charge is 0.289 e. The number of nitrogens with zero attached hydrogens (tertiary/aromatic N) is 3. The number of rotatable bonds is 4. The number of hydrogen-bond acceptors (Lipinski definition) is 5. The van der Waals surface area contributed by atoms with Gasteiger partial charge < -0.3 is 0 Å². The van der Waals surface area contributed by atoms with Crippen molar-refractivity contribution >= 4 is 27.5 Å². The van der Waals surface area contributed by atoms with Crippen molar-refractivity contribution in [3.63, 3.8) is 0 Å². The van der Waals surface area contributed by atoms with Gasteiger partial charge >= 0.3 is 0 Å². The van der Waals surface area contributed by atoms with E-state index in [2.05, 4.69) is 0 Å². The molecule has 2 aliphatic heterocycles. The second-order valence-electron chi connectivity index (χ2n) is 6.99. The number of para-hydroxylation sites is 1. The van der Waals surface area contributed by atoms with Crippen LogP contribution in [0.2, 0.25) is 0 Å². The van der Waals surface area contributed by atoms with E-state index in [9.17, 15) is 22.4 Å². The van der Waals surface area contributed by atoms with Gasteiger partial charge in [0.15, 0.2) is 0 Å². The SMILES string of the molecule is O=C1C[C@H](N2CCN(S(=O)(=O)c3ccccc3)CC2)C(=O)N1c1ccccc1F. The minimum atomic E-state index is -3.60. The number of sulfonamides is 1. The van der Waals surface area contributed by atoms with E-state index < -0.39 is 33.7 Å². The van der Waals surface area contributed by atoms with E-state index in [0.29, 0.717) is 13.1 Å². The molecule has 29 heavy (non-hydrogen) atoms. The minimum absolute atomic E-state index is 0.0431. The fourth-order valence-corrected chi connectivity index (χ4v) is 5.23. The van der Waals surface area contributed by atoms with Crippen LogP contribution in [0.25, 0.3) is 0 Å². The molecule has 2 aromatic rings. The van der Waals surface area contributed by atoms with Gasteiger partial charge in [0.25, 0.3) is 5.91 Å². The molecular formula is C20H20FN3O4S. The van der Waals surface area contributed by atoms with Gasteiger partial charge in [0.05, 0.1) is 23.0 Å². The Morgan fingerprint density at radius 1 is 0.862 bits per heavy atom. The zero-order chi connectivity index (χ0) is 20.6. The molecule has 0 bridgehead atoms. The monoisotopic (exact) mass is 417 g/mol. The summed E-state index contributed by atoms with van der Waals surface area (Å²) in [6.07, 6.45) is -0.0431. The van der Waals surface area contributed by atoms with Gasteiger partial charge in [0.2, 0.25) is 15.9 Å². The quantitative estimate of drug-likeness (QED) is 0.704. The highest BCUT2D eigenvalue weighted by molar-refractivity contribution is 7.89. The smallest absolute Gasteiger partial charge is 0.251 e. The third kappa shape index (κ3) is 3.57. The highest BCUT2D eigenvalue weighted by atomic mass is 32.2. The Morgan fingerprint density at radius 3 is 2.14 bits per heavy atom. The maximum absolute atomic E-state index is 14.1. The van der Waals surface area contributed by atoms with Crippen molar-refractivity contribution in [2.24, 2.45) is 0 Å². The van der Waals surface area contributed by atoms with Gasteiger partial charge in [-0.2, -0.15) is 4.31 Å². The molecule has 2 heterocycles. The first-order valence-electron chi connectivity index (χ1n) is 9.30. The van der Waals surface area contributed by atoms with E-state index in [1.807, 2.05) is 0 Å². The molecule has 0 aromatic heterocycles. The Labute approximate surface area is 168 Å². The van der Waals surface area contributed by atoms with Crippen LogP contribution in [0.3, 0.4) is 0 Å². The van der Waals surface area contributed by atoms with Crippen LogP contribution >= 0.6 is 0 Å². The number of carbonyl (C=O) groups excluding carboxylic acids is 2. The normalized spacial score (nSPS) is 21.7. The Balaban J connectivity index is 1.46. The van der Waals surface area contributed by atoms with Crippen molar-refractivity contribution in [3.8, 4) is 0 Å². The fraction of sp³-hybridized carbons (Fsp3) is 0.300. The first kappa shape index (κ1) is 19.7. The van der Waals surface area contributed by atoms with Crippen molar-refractivity contribution in [2.75, 3.05) is 31.1 Å².